The molecule has 0 unspecified atom stereocenters. The van der Waals surface area contributed by atoms with Crippen LogP contribution in [0.4, 0.5) is 20.6 Å². The normalized spacial score (nSPS) is 18.3. The third-order valence-corrected chi connectivity index (χ3v) is 4.45. The smallest absolute Gasteiger partial charge is 0.319 e. The van der Waals surface area contributed by atoms with Gasteiger partial charge in [-0.1, -0.05) is 0 Å². The van der Waals surface area contributed by atoms with Gasteiger partial charge in [0.1, 0.15) is 25.1 Å². The molecule has 1 saturated heterocycles. The zero-order valence-corrected chi connectivity index (χ0v) is 14.4. The molecule has 4 rings (SSSR count). The van der Waals surface area contributed by atoms with E-state index in [4.69, 9.17) is 9.47 Å². The maximum atomic E-state index is 13.0. The van der Waals surface area contributed by atoms with Crippen LogP contribution in [-0.2, 0) is 4.79 Å². The Labute approximate surface area is 155 Å². The Bertz CT molecular complexity index is 872. The van der Waals surface area contributed by atoms with E-state index in [9.17, 15) is 14.0 Å². The van der Waals surface area contributed by atoms with Gasteiger partial charge in [-0.15, -0.1) is 0 Å². The van der Waals surface area contributed by atoms with Gasteiger partial charge >= 0.3 is 6.03 Å². The molecule has 2 aromatic carbocycles. The second-order valence-electron chi connectivity index (χ2n) is 6.26. The summed E-state index contributed by atoms with van der Waals surface area (Å²) in [7, 11) is 0. The number of carbonyl (C=O) groups excluding carboxylic acids is 2. The van der Waals surface area contributed by atoms with E-state index in [1.165, 1.54) is 17.0 Å². The fourth-order valence-electron chi connectivity index (χ4n) is 3.14. The van der Waals surface area contributed by atoms with E-state index in [2.05, 4.69) is 10.6 Å². The zero-order chi connectivity index (χ0) is 18.8. The Morgan fingerprint density at radius 2 is 1.81 bits per heavy atom. The van der Waals surface area contributed by atoms with Gasteiger partial charge in [-0.25, -0.2) is 9.18 Å². The van der Waals surface area contributed by atoms with E-state index in [0.717, 1.165) is 0 Å². The minimum atomic E-state index is -0.632. The summed E-state index contributed by atoms with van der Waals surface area (Å²) >= 11 is 0. The first kappa shape index (κ1) is 17.1. The largest absolute Gasteiger partial charge is 0.486 e. The number of halogens is 1. The molecule has 0 aliphatic carbocycles. The molecule has 2 heterocycles. The predicted molar refractivity (Wildman–Crippen MR) is 96.7 cm³/mol. The number of carbonyl (C=O) groups is 2. The molecule has 0 saturated carbocycles. The van der Waals surface area contributed by atoms with Crippen molar-refractivity contribution in [3.63, 3.8) is 0 Å². The van der Waals surface area contributed by atoms with Crippen molar-refractivity contribution in [1.29, 1.82) is 0 Å². The monoisotopic (exact) mass is 371 g/mol. The fraction of sp³-hybridized carbons (Fsp3) is 0.263. The van der Waals surface area contributed by atoms with Crippen molar-refractivity contribution in [2.24, 2.45) is 0 Å². The number of nitrogens with zero attached hydrogens (tertiary/aromatic N) is 1. The van der Waals surface area contributed by atoms with Crippen LogP contribution in [0.1, 0.15) is 6.42 Å². The molecule has 2 aliphatic rings. The van der Waals surface area contributed by atoms with Gasteiger partial charge in [0, 0.05) is 24.0 Å². The molecule has 27 heavy (non-hydrogen) atoms. The number of urea groups is 1. The Kier molecular flexibility index (Phi) is 4.53. The molecule has 2 aliphatic heterocycles. The van der Waals surface area contributed by atoms with Crippen LogP contribution in [-0.4, -0.2) is 37.7 Å². The Balaban J connectivity index is 1.37. The summed E-state index contributed by atoms with van der Waals surface area (Å²) in [5.41, 5.74) is 1.15. The van der Waals surface area contributed by atoms with Crippen LogP contribution in [0.2, 0.25) is 0 Å². The van der Waals surface area contributed by atoms with Crippen LogP contribution in [0.25, 0.3) is 0 Å². The predicted octanol–water partition coefficient (Wildman–Crippen LogP) is 2.52. The average Bonchev–Trinajstić information content (AvgIpc) is 3.02. The third-order valence-electron chi connectivity index (χ3n) is 4.45. The van der Waals surface area contributed by atoms with Crippen LogP contribution in [0.5, 0.6) is 11.5 Å². The molecule has 1 fully saturated rings. The molecule has 7 nitrogen and oxygen atoms in total. The molecular formula is C19H18FN3O4. The maximum absolute atomic E-state index is 13.0. The number of fused-ring (bicyclic) bond motifs is 1. The van der Waals surface area contributed by atoms with Crippen LogP contribution in [0.15, 0.2) is 42.5 Å². The number of rotatable bonds is 3. The number of ether oxygens (including phenoxy) is 2. The summed E-state index contributed by atoms with van der Waals surface area (Å²) in [6.07, 6.45) is 0.477. The van der Waals surface area contributed by atoms with Gasteiger partial charge in [-0.3, -0.25) is 4.79 Å². The van der Waals surface area contributed by atoms with Crippen molar-refractivity contribution in [1.82, 2.24) is 5.32 Å². The topological polar surface area (TPSA) is 79.9 Å². The first-order valence-corrected chi connectivity index (χ1v) is 8.64. The maximum Gasteiger partial charge on any atom is 0.319 e. The summed E-state index contributed by atoms with van der Waals surface area (Å²) in [5, 5.41) is 5.38. The third kappa shape index (κ3) is 3.64. The first-order chi connectivity index (χ1) is 13.1. The number of hydrogen-bond acceptors (Lipinski definition) is 4. The molecule has 3 amide bonds. The van der Waals surface area contributed by atoms with Gasteiger partial charge in [0.2, 0.25) is 5.91 Å². The fourth-order valence-corrected chi connectivity index (χ4v) is 3.14. The van der Waals surface area contributed by atoms with Gasteiger partial charge in [0.25, 0.3) is 0 Å². The van der Waals surface area contributed by atoms with E-state index in [0.29, 0.717) is 49.1 Å². The highest BCUT2D eigenvalue weighted by atomic mass is 19.1. The van der Waals surface area contributed by atoms with Crippen LogP contribution in [0, 0.1) is 5.82 Å². The van der Waals surface area contributed by atoms with Crippen molar-refractivity contribution < 1.29 is 23.5 Å². The molecule has 0 bridgehead atoms. The quantitative estimate of drug-likeness (QED) is 0.869. The van der Waals surface area contributed by atoms with Crippen LogP contribution >= 0.6 is 0 Å². The van der Waals surface area contributed by atoms with Crippen molar-refractivity contribution in [2.75, 3.05) is 30.0 Å². The standard InChI is InChI=1S/C19H18FN3O4/c20-12-1-4-14(5-2-12)23-8-7-15(18(23)24)22-19(25)21-13-3-6-16-17(11-13)27-10-9-26-16/h1-6,11,15H,7-10H2,(H2,21,22,25)/t15-/m0/s1. The lowest BCUT2D eigenvalue weighted by Crippen LogP contribution is -2.43. The highest BCUT2D eigenvalue weighted by molar-refractivity contribution is 6.02. The second-order valence-corrected chi connectivity index (χ2v) is 6.26. The lowest BCUT2D eigenvalue weighted by atomic mass is 10.2. The van der Waals surface area contributed by atoms with Crippen molar-refractivity contribution in [3.05, 3.63) is 48.3 Å². The molecule has 0 radical (unpaired) electrons. The Morgan fingerprint density at radius 1 is 1.07 bits per heavy atom. The van der Waals surface area contributed by atoms with Gasteiger partial charge < -0.3 is 25.0 Å². The van der Waals surface area contributed by atoms with Crippen molar-refractivity contribution in [3.8, 4) is 11.5 Å². The van der Waals surface area contributed by atoms with E-state index in [1.54, 1.807) is 30.3 Å². The molecule has 140 valence electrons. The van der Waals surface area contributed by atoms with Gasteiger partial charge in [-0.2, -0.15) is 0 Å². The average molecular weight is 371 g/mol. The van der Waals surface area contributed by atoms with Crippen LogP contribution < -0.4 is 25.0 Å². The SMILES string of the molecule is O=C(Nc1ccc2c(c1)OCCO2)N[C@H]1CCN(c2ccc(F)cc2)C1=O. The minimum absolute atomic E-state index is 0.223. The Hall–Kier alpha value is -3.29. The van der Waals surface area contributed by atoms with E-state index < -0.39 is 12.1 Å². The van der Waals surface area contributed by atoms with E-state index in [-0.39, 0.29) is 11.7 Å². The Morgan fingerprint density at radius 3 is 2.59 bits per heavy atom. The highest BCUT2D eigenvalue weighted by Gasteiger charge is 2.33. The van der Waals surface area contributed by atoms with Gasteiger partial charge in [-0.05, 0) is 42.8 Å². The number of amides is 3. The van der Waals surface area contributed by atoms with Crippen molar-refractivity contribution in [2.45, 2.75) is 12.5 Å². The summed E-state index contributed by atoms with van der Waals surface area (Å²) in [4.78, 5) is 26.3. The number of anilines is 2. The lowest BCUT2D eigenvalue weighted by molar-refractivity contribution is -0.118. The number of benzene rings is 2. The summed E-state index contributed by atoms with van der Waals surface area (Å²) < 4.78 is 24.0. The number of hydrogen-bond donors (Lipinski definition) is 2. The molecular weight excluding hydrogens is 353 g/mol. The molecule has 0 aromatic heterocycles. The van der Waals surface area contributed by atoms with Crippen molar-refractivity contribution >= 4 is 23.3 Å². The molecule has 8 heteroatoms. The van der Waals surface area contributed by atoms with Gasteiger partial charge in [0.05, 0.1) is 0 Å². The summed E-state index contributed by atoms with van der Waals surface area (Å²) in [5.74, 6) is 0.615. The summed E-state index contributed by atoms with van der Waals surface area (Å²) in [6.45, 7) is 1.41. The van der Waals surface area contributed by atoms with Crippen LogP contribution in [0.3, 0.4) is 0 Å². The first-order valence-electron chi connectivity index (χ1n) is 8.64. The lowest BCUT2D eigenvalue weighted by Gasteiger charge is -2.19. The summed E-state index contributed by atoms with van der Waals surface area (Å²) in [6, 6.07) is 9.69. The van der Waals surface area contributed by atoms with Gasteiger partial charge in [0.15, 0.2) is 11.5 Å². The second kappa shape index (κ2) is 7.14. The molecule has 2 aromatic rings. The molecule has 2 N–H and O–H groups in total. The highest BCUT2D eigenvalue weighted by Crippen LogP contribution is 2.32. The number of nitrogens with one attached hydrogen (secondary N) is 2. The minimum Gasteiger partial charge on any atom is -0.486 e. The molecule has 1 atom stereocenters. The van der Waals surface area contributed by atoms with E-state index in [1.807, 2.05) is 0 Å². The van der Waals surface area contributed by atoms with E-state index >= 15 is 0 Å². The zero-order valence-electron chi connectivity index (χ0n) is 14.4. The molecule has 0 spiro atoms.